The van der Waals surface area contributed by atoms with E-state index in [0.29, 0.717) is 0 Å². The predicted molar refractivity (Wildman–Crippen MR) is 118 cm³/mol. The Morgan fingerprint density at radius 3 is 2.31 bits per heavy atom. The van der Waals surface area contributed by atoms with Gasteiger partial charge in [-0.05, 0) is 54.1 Å². The number of aromatic nitrogens is 1. The molecular formula is C25H26NO3+. The number of hydrogen-bond donors (Lipinski definition) is 0. The van der Waals surface area contributed by atoms with Crippen LogP contribution in [0.3, 0.4) is 0 Å². The molecule has 1 aromatic heterocycles. The predicted octanol–water partition coefficient (Wildman–Crippen LogP) is 5.12. The molecule has 29 heavy (non-hydrogen) atoms. The van der Waals surface area contributed by atoms with E-state index in [1.807, 2.05) is 18.2 Å². The Balaban J connectivity index is 2.20. The van der Waals surface area contributed by atoms with Crippen molar-refractivity contribution >= 4 is 32.4 Å². The summed E-state index contributed by atoms with van der Waals surface area (Å²) in [6.07, 6.45) is 5.95. The van der Waals surface area contributed by atoms with Crippen molar-refractivity contribution in [2.45, 2.75) is 12.8 Å². The normalized spacial score (nSPS) is 11.2. The summed E-state index contributed by atoms with van der Waals surface area (Å²) in [6, 6.07) is 12.7. The first-order valence-corrected chi connectivity index (χ1v) is 9.70. The van der Waals surface area contributed by atoms with E-state index in [2.05, 4.69) is 48.7 Å². The number of allylic oxidation sites excluding steroid dienone is 1. The molecule has 4 aromatic rings. The van der Waals surface area contributed by atoms with Crippen molar-refractivity contribution in [3.8, 4) is 17.2 Å². The molecule has 0 fully saturated rings. The second-order valence-corrected chi connectivity index (χ2v) is 7.17. The number of hydrogen-bond acceptors (Lipinski definition) is 3. The molecular weight excluding hydrogens is 362 g/mol. The molecule has 0 saturated carbocycles. The highest BCUT2D eigenvalue weighted by Gasteiger charge is 2.21. The lowest BCUT2D eigenvalue weighted by Crippen LogP contribution is -2.29. The molecule has 4 heteroatoms. The van der Waals surface area contributed by atoms with E-state index < -0.39 is 0 Å². The first-order chi connectivity index (χ1) is 14.1. The van der Waals surface area contributed by atoms with Crippen LogP contribution < -0.4 is 18.8 Å². The second kappa shape index (κ2) is 7.63. The first kappa shape index (κ1) is 19.1. The van der Waals surface area contributed by atoms with Crippen molar-refractivity contribution in [2.75, 3.05) is 21.3 Å². The number of methoxy groups -OCH3 is 3. The third-order valence-corrected chi connectivity index (χ3v) is 5.57. The summed E-state index contributed by atoms with van der Waals surface area (Å²) in [5.41, 5.74) is 2.47. The molecule has 0 N–H and O–H groups in total. The van der Waals surface area contributed by atoms with E-state index in [-0.39, 0.29) is 0 Å². The molecule has 0 bridgehead atoms. The van der Waals surface area contributed by atoms with Crippen LogP contribution in [0.25, 0.3) is 32.4 Å². The SMILES string of the molecule is C=CCCc1cc2c3ccc(OC)c(OC)c3c[n+](C)c2c2cc(OC)ccc12. The van der Waals surface area contributed by atoms with E-state index in [9.17, 15) is 0 Å². The number of nitrogens with zero attached hydrogens (tertiary/aromatic N) is 1. The highest BCUT2D eigenvalue weighted by atomic mass is 16.5. The van der Waals surface area contributed by atoms with Crippen molar-refractivity contribution in [2.24, 2.45) is 7.05 Å². The Labute approximate surface area is 170 Å². The monoisotopic (exact) mass is 388 g/mol. The van der Waals surface area contributed by atoms with Gasteiger partial charge in [-0.3, -0.25) is 0 Å². The molecule has 0 aliphatic heterocycles. The van der Waals surface area contributed by atoms with Gasteiger partial charge in [0, 0.05) is 5.39 Å². The third kappa shape index (κ3) is 3.05. The van der Waals surface area contributed by atoms with E-state index >= 15 is 0 Å². The lowest BCUT2D eigenvalue weighted by Gasteiger charge is -2.14. The molecule has 0 amide bonds. The van der Waals surface area contributed by atoms with Crippen molar-refractivity contribution in [3.05, 3.63) is 60.8 Å². The van der Waals surface area contributed by atoms with Crippen molar-refractivity contribution in [1.82, 2.24) is 0 Å². The highest BCUT2D eigenvalue weighted by Crippen LogP contribution is 2.39. The van der Waals surface area contributed by atoms with Crippen LogP contribution in [0.1, 0.15) is 12.0 Å². The van der Waals surface area contributed by atoms with Gasteiger partial charge in [0.1, 0.15) is 12.8 Å². The standard InChI is InChI=1S/C25H26NO3/c1-6-7-8-16-13-20-19-11-12-23(28-4)25(29-5)22(19)15-26(2)24(20)21-14-17(27-3)9-10-18(16)21/h6,9-15H,1,7-8H2,2-5H3/q+1. The van der Waals surface area contributed by atoms with Crippen LogP contribution in [-0.2, 0) is 13.5 Å². The molecule has 0 radical (unpaired) electrons. The Morgan fingerprint density at radius 2 is 1.62 bits per heavy atom. The minimum absolute atomic E-state index is 0.730. The number of fused-ring (bicyclic) bond motifs is 5. The van der Waals surface area contributed by atoms with Crippen LogP contribution in [0.2, 0.25) is 0 Å². The molecule has 0 aliphatic carbocycles. The molecule has 3 aromatic carbocycles. The smallest absolute Gasteiger partial charge is 0.220 e. The van der Waals surface area contributed by atoms with Crippen molar-refractivity contribution < 1.29 is 18.8 Å². The van der Waals surface area contributed by atoms with Crippen molar-refractivity contribution in [1.29, 1.82) is 0 Å². The number of aryl methyl sites for hydroxylation is 2. The van der Waals surface area contributed by atoms with Crippen LogP contribution in [0, 0.1) is 0 Å². The van der Waals surface area contributed by atoms with Gasteiger partial charge in [0.05, 0.1) is 37.5 Å². The van der Waals surface area contributed by atoms with Gasteiger partial charge in [-0.2, -0.15) is 4.57 Å². The van der Waals surface area contributed by atoms with Crippen LogP contribution in [0.5, 0.6) is 17.2 Å². The molecule has 4 nitrogen and oxygen atoms in total. The third-order valence-electron chi connectivity index (χ3n) is 5.57. The summed E-state index contributed by atoms with van der Waals surface area (Å²) in [7, 11) is 7.13. The van der Waals surface area contributed by atoms with Gasteiger partial charge in [0.25, 0.3) is 0 Å². The minimum Gasteiger partial charge on any atom is -0.497 e. The Hall–Kier alpha value is -3.27. The van der Waals surface area contributed by atoms with Crippen LogP contribution in [-0.4, -0.2) is 21.3 Å². The van der Waals surface area contributed by atoms with Crippen LogP contribution >= 0.6 is 0 Å². The summed E-state index contributed by atoms with van der Waals surface area (Å²) < 4.78 is 18.9. The fraction of sp³-hybridized carbons (Fsp3) is 0.240. The summed E-state index contributed by atoms with van der Waals surface area (Å²) in [6.45, 7) is 3.90. The molecule has 1 heterocycles. The number of benzene rings is 3. The molecule has 0 aliphatic rings. The topological polar surface area (TPSA) is 31.6 Å². The quantitative estimate of drug-likeness (QED) is 0.261. The maximum Gasteiger partial charge on any atom is 0.220 e. The van der Waals surface area contributed by atoms with Crippen LogP contribution in [0.4, 0.5) is 0 Å². The van der Waals surface area contributed by atoms with Gasteiger partial charge < -0.3 is 14.2 Å². The van der Waals surface area contributed by atoms with E-state index in [4.69, 9.17) is 14.2 Å². The summed E-state index contributed by atoms with van der Waals surface area (Å²) in [5.74, 6) is 2.33. The molecule has 4 rings (SSSR count). The fourth-order valence-corrected chi connectivity index (χ4v) is 4.21. The second-order valence-electron chi connectivity index (χ2n) is 7.17. The Bertz CT molecular complexity index is 1240. The Morgan fingerprint density at radius 1 is 0.862 bits per heavy atom. The minimum atomic E-state index is 0.730. The number of ether oxygens (including phenoxy) is 3. The Kier molecular flexibility index (Phi) is 5.01. The zero-order valence-corrected chi connectivity index (χ0v) is 17.4. The number of pyridine rings is 1. The zero-order chi connectivity index (χ0) is 20.5. The van der Waals surface area contributed by atoms with Crippen molar-refractivity contribution in [3.63, 3.8) is 0 Å². The maximum atomic E-state index is 5.70. The van der Waals surface area contributed by atoms with E-state index in [1.54, 1.807) is 21.3 Å². The van der Waals surface area contributed by atoms with Crippen LogP contribution in [0.15, 0.2) is 55.3 Å². The molecule has 148 valence electrons. The average Bonchev–Trinajstić information content (AvgIpc) is 2.75. The van der Waals surface area contributed by atoms with E-state index in [0.717, 1.165) is 40.9 Å². The molecule has 0 saturated heterocycles. The summed E-state index contributed by atoms with van der Waals surface area (Å²) in [4.78, 5) is 0. The van der Waals surface area contributed by atoms with Gasteiger partial charge in [-0.25, -0.2) is 0 Å². The first-order valence-electron chi connectivity index (χ1n) is 9.70. The largest absolute Gasteiger partial charge is 0.497 e. The lowest BCUT2D eigenvalue weighted by molar-refractivity contribution is -0.642. The molecule has 0 unspecified atom stereocenters. The van der Waals surface area contributed by atoms with Gasteiger partial charge in [-0.15, -0.1) is 6.58 Å². The van der Waals surface area contributed by atoms with Gasteiger partial charge in [0.2, 0.25) is 5.52 Å². The van der Waals surface area contributed by atoms with Gasteiger partial charge in [0.15, 0.2) is 17.7 Å². The average molecular weight is 388 g/mol. The molecule has 0 spiro atoms. The zero-order valence-electron chi connectivity index (χ0n) is 17.4. The summed E-state index contributed by atoms with van der Waals surface area (Å²) in [5, 5.41) is 5.78. The summed E-state index contributed by atoms with van der Waals surface area (Å²) >= 11 is 0. The maximum absolute atomic E-state index is 5.70. The lowest BCUT2D eigenvalue weighted by atomic mass is 9.94. The molecule has 0 atom stereocenters. The van der Waals surface area contributed by atoms with E-state index in [1.165, 1.54) is 27.2 Å². The highest BCUT2D eigenvalue weighted by molar-refractivity contribution is 6.15. The van der Waals surface area contributed by atoms with Gasteiger partial charge in [-0.1, -0.05) is 12.1 Å². The fourth-order valence-electron chi connectivity index (χ4n) is 4.21. The van der Waals surface area contributed by atoms with Gasteiger partial charge >= 0.3 is 0 Å². The number of rotatable bonds is 6.